The predicted molar refractivity (Wildman–Crippen MR) is 109 cm³/mol. The Balaban J connectivity index is 1.76. The molecule has 0 saturated carbocycles. The Morgan fingerprint density at radius 3 is 2.58 bits per heavy atom. The molecule has 0 radical (unpaired) electrons. The van der Waals surface area contributed by atoms with Crippen LogP contribution < -0.4 is 10.6 Å². The maximum absolute atomic E-state index is 11.7. The number of hydrogen-bond acceptors (Lipinski definition) is 6. The predicted octanol–water partition coefficient (Wildman–Crippen LogP) is 4.83. The van der Waals surface area contributed by atoms with E-state index < -0.39 is 0 Å². The van der Waals surface area contributed by atoms with Gasteiger partial charge in [0.15, 0.2) is 0 Å². The van der Waals surface area contributed by atoms with Gasteiger partial charge in [-0.2, -0.15) is 0 Å². The molecule has 4 rings (SSSR count). The number of anilines is 2. The number of thiophene rings is 2. The lowest BCUT2D eigenvalue weighted by molar-refractivity contribution is 0.0963. The summed E-state index contributed by atoms with van der Waals surface area (Å²) in [6.07, 6.45) is 0. The lowest BCUT2D eigenvalue weighted by atomic mass is 10.1. The van der Waals surface area contributed by atoms with Crippen molar-refractivity contribution in [1.82, 2.24) is 15.3 Å². The molecule has 3 heterocycles. The third kappa shape index (κ3) is 3.07. The van der Waals surface area contributed by atoms with Gasteiger partial charge in [-0.3, -0.25) is 4.79 Å². The number of nitrogens with zero attached hydrogens (tertiary/aromatic N) is 2. The topological polar surface area (TPSA) is 66.9 Å². The number of amides is 1. The highest BCUT2D eigenvalue weighted by Crippen LogP contribution is 2.39. The molecule has 0 aliphatic heterocycles. The van der Waals surface area contributed by atoms with Crippen molar-refractivity contribution in [3.8, 4) is 10.4 Å². The van der Waals surface area contributed by atoms with Gasteiger partial charge in [-0.1, -0.05) is 6.07 Å². The van der Waals surface area contributed by atoms with Crippen LogP contribution in [-0.4, -0.2) is 22.9 Å². The number of carbonyl (C=O) groups is 1. The monoisotopic (exact) mass is 380 g/mol. The summed E-state index contributed by atoms with van der Waals surface area (Å²) in [5.74, 6) is 1.40. The molecule has 5 nitrogen and oxygen atoms in total. The second-order valence-corrected chi connectivity index (χ2v) is 7.51. The van der Waals surface area contributed by atoms with Gasteiger partial charge in [0, 0.05) is 34.1 Å². The first kappa shape index (κ1) is 16.7. The molecule has 0 saturated heterocycles. The minimum absolute atomic E-state index is 0.102. The zero-order valence-electron chi connectivity index (χ0n) is 14.2. The third-order valence-electron chi connectivity index (χ3n) is 3.97. The fraction of sp³-hybridized carbons (Fsp3) is 0.105. The molecule has 7 heteroatoms. The molecule has 1 amide bonds. The summed E-state index contributed by atoms with van der Waals surface area (Å²) in [5.41, 5.74) is 2.64. The fourth-order valence-electron chi connectivity index (χ4n) is 2.74. The van der Waals surface area contributed by atoms with Crippen LogP contribution in [0, 0.1) is 6.92 Å². The Kier molecular flexibility index (Phi) is 4.40. The SMILES string of the molecule is CNC(=O)c1ccc(Nc2nc(C)nc3scc(-c4cccs4)c23)cc1. The minimum Gasteiger partial charge on any atom is -0.355 e. The van der Waals surface area contributed by atoms with Crippen LogP contribution in [-0.2, 0) is 0 Å². The minimum atomic E-state index is -0.102. The smallest absolute Gasteiger partial charge is 0.251 e. The highest BCUT2D eigenvalue weighted by molar-refractivity contribution is 7.18. The molecular weight excluding hydrogens is 364 g/mol. The first-order valence-electron chi connectivity index (χ1n) is 8.04. The number of hydrogen-bond donors (Lipinski definition) is 2. The summed E-state index contributed by atoms with van der Waals surface area (Å²) in [4.78, 5) is 23.1. The van der Waals surface area contributed by atoms with E-state index in [1.165, 1.54) is 4.88 Å². The van der Waals surface area contributed by atoms with Gasteiger partial charge in [-0.25, -0.2) is 9.97 Å². The first-order chi connectivity index (χ1) is 12.7. The van der Waals surface area contributed by atoms with Crippen LogP contribution in [0.4, 0.5) is 11.5 Å². The zero-order valence-corrected chi connectivity index (χ0v) is 15.9. The Hall–Kier alpha value is -2.77. The average molecular weight is 380 g/mol. The molecule has 2 N–H and O–H groups in total. The van der Waals surface area contributed by atoms with Crippen LogP contribution in [0.15, 0.2) is 47.2 Å². The van der Waals surface area contributed by atoms with Crippen LogP contribution in [0.2, 0.25) is 0 Å². The molecule has 3 aromatic heterocycles. The number of carbonyl (C=O) groups excluding carboxylic acids is 1. The van der Waals surface area contributed by atoms with Gasteiger partial charge in [0.1, 0.15) is 16.5 Å². The summed E-state index contributed by atoms with van der Waals surface area (Å²) in [5, 5.41) is 11.2. The molecule has 0 bridgehead atoms. The van der Waals surface area contributed by atoms with Gasteiger partial charge in [-0.05, 0) is 42.6 Å². The number of fused-ring (bicyclic) bond motifs is 1. The fourth-order valence-corrected chi connectivity index (χ4v) is 4.55. The standard InChI is InChI=1S/C19H16N4OS2/c1-11-21-17(23-13-7-5-12(6-8-13)18(24)20-2)16-14(10-26-19(16)22-11)15-4-3-9-25-15/h3-10H,1-2H3,(H,20,24)(H,21,22,23). The molecule has 0 fully saturated rings. The van der Waals surface area contributed by atoms with Gasteiger partial charge >= 0.3 is 0 Å². The lowest BCUT2D eigenvalue weighted by Gasteiger charge is -2.10. The van der Waals surface area contributed by atoms with Crippen molar-refractivity contribution in [3.63, 3.8) is 0 Å². The van der Waals surface area contributed by atoms with Gasteiger partial charge < -0.3 is 10.6 Å². The second-order valence-electron chi connectivity index (χ2n) is 5.71. The van der Waals surface area contributed by atoms with E-state index in [1.54, 1.807) is 41.9 Å². The average Bonchev–Trinajstić information content (AvgIpc) is 3.30. The van der Waals surface area contributed by atoms with E-state index in [0.29, 0.717) is 5.56 Å². The van der Waals surface area contributed by atoms with Crippen LogP contribution >= 0.6 is 22.7 Å². The van der Waals surface area contributed by atoms with Crippen LogP contribution in [0.5, 0.6) is 0 Å². The summed E-state index contributed by atoms with van der Waals surface area (Å²) < 4.78 is 0. The molecule has 0 aliphatic rings. The van der Waals surface area contributed by atoms with E-state index in [2.05, 4.69) is 37.4 Å². The van der Waals surface area contributed by atoms with Crippen molar-refractivity contribution >= 4 is 50.3 Å². The quantitative estimate of drug-likeness (QED) is 0.532. The van der Waals surface area contributed by atoms with Crippen molar-refractivity contribution in [1.29, 1.82) is 0 Å². The molecule has 130 valence electrons. The Labute approximate surface area is 158 Å². The Morgan fingerprint density at radius 2 is 1.88 bits per heavy atom. The Morgan fingerprint density at radius 1 is 1.08 bits per heavy atom. The number of benzene rings is 1. The zero-order chi connectivity index (χ0) is 18.1. The van der Waals surface area contributed by atoms with E-state index in [1.807, 2.05) is 25.1 Å². The van der Waals surface area contributed by atoms with Crippen molar-refractivity contribution in [2.45, 2.75) is 6.92 Å². The molecule has 26 heavy (non-hydrogen) atoms. The third-order valence-corrected chi connectivity index (χ3v) is 5.74. The molecule has 0 aliphatic carbocycles. The van der Waals surface area contributed by atoms with Crippen molar-refractivity contribution in [2.75, 3.05) is 12.4 Å². The summed E-state index contributed by atoms with van der Waals surface area (Å²) in [7, 11) is 1.62. The molecule has 1 aromatic carbocycles. The summed E-state index contributed by atoms with van der Waals surface area (Å²) in [6.45, 7) is 1.89. The maximum Gasteiger partial charge on any atom is 0.251 e. The normalized spacial score (nSPS) is 10.8. The molecule has 4 aromatic rings. The van der Waals surface area contributed by atoms with Crippen molar-refractivity contribution in [3.05, 3.63) is 58.5 Å². The summed E-state index contributed by atoms with van der Waals surface area (Å²) >= 11 is 3.32. The molecular formula is C19H16N4OS2. The van der Waals surface area contributed by atoms with Gasteiger partial charge in [0.05, 0.1) is 5.39 Å². The highest BCUT2D eigenvalue weighted by Gasteiger charge is 2.15. The van der Waals surface area contributed by atoms with Crippen molar-refractivity contribution < 1.29 is 4.79 Å². The van der Waals surface area contributed by atoms with Gasteiger partial charge in [0.25, 0.3) is 5.91 Å². The van der Waals surface area contributed by atoms with E-state index in [0.717, 1.165) is 33.1 Å². The van der Waals surface area contributed by atoms with E-state index in [9.17, 15) is 4.79 Å². The molecule has 0 spiro atoms. The van der Waals surface area contributed by atoms with Gasteiger partial charge in [-0.15, -0.1) is 22.7 Å². The maximum atomic E-state index is 11.7. The second kappa shape index (κ2) is 6.86. The van der Waals surface area contributed by atoms with Crippen molar-refractivity contribution in [2.24, 2.45) is 0 Å². The van der Waals surface area contributed by atoms with E-state index in [4.69, 9.17) is 0 Å². The molecule has 0 atom stereocenters. The van der Waals surface area contributed by atoms with E-state index in [-0.39, 0.29) is 5.91 Å². The Bertz CT molecular complexity index is 1070. The number of rotatable bonds is 4. The first-order valence-corrected chi connectivity index (χ1v) is 9.80. The largest absolute Gasteiger partial charge is 0.355 e. The highest BCUT2D eigenvalue weighted by atomic mass is 32.1. The molecule has 0 unspecified atom stereocenters. The van der Waals surface area contributed by atoms with Crippen LogP contribution in [0.25, 0.3) is 20.7 Å². The van der Waals surface area contributed by atoms with Gasteiger partial charge in [0.2, 0.25) is 0 Å². The van der Waals surface area contributed by atoms with Crippen LogP contribution in [0.1, 0.15) is 16.2 Å². The number of nitrogens with one attached hydrogen (secondary N) is 2. The number of aryl methyl sites for hydroxylation is 1. The lowest BCUT2D eigenvalue weighted by Crippen LogP contribution is -2.17. The number of aromatic nitrogens is 2. The van der Waals surface area contributed by atoms with Crippen LogP contribution in [0.3, 0.4) is 0 Å². The summed E-state index contributed by atoms with van der Waals surface area (Å²) in [6, 6.07) is 11.5. The van der Waals surface area contributed by atoms with E-state index >= 15 is 0 Å².